The Balaban J connectivity index is 0.00000312. The van der Waals surface area contributed by atoms with Gasteiger partial charge in [0.15, 0.2) is 5.96 Å². The molecule has 0 spiro atoms. The van der Waals surface area contributed by atoms with Crippen LogP contribution in [-0.2, 0) is 17.5 Å². The summed E-state index contributed by atoms with van der Waals surface area (Å²) in [6.45, 7) is 4.80. The summed E-state index contributed by atoms with van der Waals surface area (Å²) in [5.74, 6) is 1.30. The predicted octanol–water partition coefficient (Wildman–Crippen LogP) is 3.81. The first-order chi connectivity index (χ1) is 11.5. The highest BCUT2D eigenvalue weighted by molar-refractivity contribution is 14.0. The number of benzene rings is 1. The van der Waals surface area contributed by atoms with Crippen LogP contribution in [0.2, 0.25) is 0 Å². The maximum Gasteiger partial charge on any atom is 0.416 e. The molecule has 0 aliphatic heterocycles. The molecule has 0 atom stereocenters. The fourth-order valence-electron chi connectivity index (χ4n) is 2.13. The van der Waals surface area contributed by atoms with E-state index in [0.29, 0.717) is 31.2 Å². The van der Waals surface area contributed by atoms with Crippen LogP contribution in [0.4, 0.5) is 13.2 Å². The number of hydrogen-bond donors (Lipinski definition) is 2. The highest BCUT2D eigenvalue weighted by atomic mass is 127. The quantitative estimate of drug-likeness (QED) is 0.263. The summed E-state index contributed by atoms with van der Waals surface area (Å²) >= 11 is 0. The summed E-state index contributed by atoms with van der Waals surface area (Å²) in [4.78, 5) is 4.32. The SMILES string of the molecule is CCNC(=NCc1cccc(C(F)(F)F)c1)NCCOCC1CC1.I. The van der Waals surface area contributed by atoms with Crippen LogP contribution in [0.1, 0.15) is 30.9 Å². The van der Waals surface area contributed by atoms with Crippen molar-refractivity contribution >= 4 is 29.9 Å². The first-order valence-corrected chi connectivity index (χ1v) is 8.25. The largest absolute Gasteiger partial charge is 0.416 e. The highest BCUT2D eigenvalue weighted by Gasteiger charge is 2.30. The molecule has 1 aliphatic carbocycles. The van der Waals surface area contributed by atoms with Crippen molar-refractivity contribution in [2.24, 2.45) is 10.9 Å². The number of aliphatic imine (C=N–C) groups is 1. The molecule has 2 rings (SSSR count). The van der Waals surface area contributed by atoms with Gasteiger partial charge >= 0.3 is 6.18 Å². The molecule has 2 N–H and O–H groups in total. The van der Waals surface area contributed by atoms with Crippen molar-refractivity contribution in [1.82, 2.24) is 10.6 Å². The maximum atomic E-state index is 12.7. The van der Waals surface area contributed by atoms with Gasteiger partial charge in [-0.1, -0.05) is 12.1 Å². The van der Waals surface area contributed by atoms with E-state index < -0.39 is 11.7 Å². The molecular formula is C17H25F3IN3O. The van der Waals surface area contributed by atoms with Gasteiger partial charge < -0.3 is 15.4 Å². The Hall–Kier alpha value is -1.03. The molecule has 0 heterocycles. The zero-order valence-electron chi connectivity index (χ0n) is 14.2. The van der Waals surface area contributed by atoms with Gasteiger partial charge in [0.1, 0.15) is 0 Å². The third-order valence-electron chi connectivity index (χ3n) is 3.61. The molecule has 0 bridgehead atoms. The van der Waals surface area contributed by atoms with Gasteiger partial charge in [-0.25, -0.2) is 4.99 Å². The molecule has 0 radical (unpaired) electrons. The lowest BCUT2D eigenvalue weighted by molar-refractivity contribution is -0.137. The minimum atomic E-state index is -4.33. The van der Waals surface area contributed by atoms with Crippen molar-refractivity contribution in [2.45, 2.75) is 32.5 Å². The van der Waals surface area contributed by atoms with Gasteiger partial charge in [-0.3, -0.25) is 0 Å². The number of nitrogens with one attached hydrogen (secondary N) is 2. The van der Waals surface area contributed by atoms with E-state index >= 15 is 0 Å². The van der Waals surface area contributed by atoms with Crippen LogP contribution in [0.3, 0.4) is 0 Å². The zero-order valence-corrected chi connectivity index (χ0v) is 16.6. The summed E-state index contributed by atoms with van der Waals surface area (Å²) in [6.07, 6.45) is -1.82. The molecule has 1 fully saturated rings. The Morgan fingerprint density at radius 3 is 2.68 bits per heavy atom. The minimum Gasteiger partial charge on any atom is -0.379 e. The zero-order chi connectivity index (χ0) is 17.4. The van der Waals surface area contributed by atoms with E-state index in [1.165, 1.54) is 18.9 Å². The van der Waals surface area contributed by atoms with E-state index in [0.717, 1.165) is 24.7 Å². The van der Waals surface area contributed by atoms with Crippen molar-refractivity contribution in [1.29, 1.82) is 0 Å². The monoisotopic (exact) mass is 471 g/mol. The van der Waals surface area contributed by atoms with Gasteiger partial charge in [0.05, 0.1) is 18.7 Å². The van der Waals surface area contributed by atoms with E-state index in [9.17, 15) is 13.2 Å². The van der Waals surface area contributed by atoms with Crippen LogP contribution < -0.4 is 10.6 Å². The molecule has 25 heavy (non-hydrogen) atoms. The number of rotatable bonds is 8. The van der Waals surface area contributed by atoms with Crippen molar-refractivity contribution in [3.63, 3.8) is 0 Å². The first kappa shape index (κ1) is 22.0. The normalized spacial score (nSPS) is 14.8. The average molecular weight is 471 g/mol. The summed E-state index contributed by atoms with van der Waals surface area (Å²) in [7, 11) is 0. The molecule has 142 valence electrons. The van der Waals surface area contributed by atoms with Crippen LogP contribution in [0, 0.1) is 5.92 Å². The predicted molar refractivity (Wildman–Crippen MR) is 103 cm³/mol. The Morgan fingerprint density at radius 1 is 1.28 bits per heavy atom. The molecule has 1 aromatic rings. The lowest BCUT2D eigenvalue weighted by Gasteiger charge is -2.12. The molecule has 1 saturated carbocycles. The summed E-state index contributed by atoms with van der Waals surface area (Å²) in [5.41, 5.74) is -0.131. The van der Waals surface area contributed by atoms with Crippen LogP contribution in [0.25, 0.3) is 0 Å². The van der Waals surface area contributed by atoms with E-state index in [1.807, 2.05) is 6.92 Å². The second-order valence-electron chi connectivity index (χ2n) is 5.84. The summed E-state index contributed by atoms with van der Waals surface area (Å²) < 4.78 is 43.7. The first-order valence-electron chi connectivity index (χ1n) is 8.25. The average Bonchev–Trinajstić information content (AvgIpc) is 3.36. The van der Waals surface area contributed by atoms with Gasteiger partial charge in [-0.05, 0) is 43.4 Å². The smallest absolute Gasteiger partial charge is 0.379 e. The number of ether oxygens (including phenoxy) is 1. The van der Waals surface area contributed by atoms with Crippen LogP contribution in [0.5, 0.6) is 0 Å². The van der Waals surface area contributed by atoms with Gasteiger partial charge in [-0.15, -0.1) is 24.0 Å². The number of guanidine groups is 1. The van der Waals surface area contributed by atoms with E-state index in [4.69, 9.17) is 4.74 Å². The Bertz CT molecular complexity index is 548. The summed E-state index contributed by atoms with van der Waals surface area (Å²) in [6, 6.07) is 5.24. The van der Waals surface area contributed by atoms with Gasteiger partial charge in [0, 0.05) is 19.7 Å². The van der Waals surface area contributed by atoms with Crippen molar-refractivity contribution in [3.05, 3.63) is 35.4 Å². The Morgan fingerprint density at radius 2 is 2.04 bits per heavy atom. The van der Waals surface area contributed by atoms with Crippen LogP contribution in [0.15, 0.2) is 29.3 Å². The molecule has 0 aromatic heterocycles. The number of nitrogens with zero attached hydrogens (tertiary/aromatic N) is 1. The molecule has 8 heteroatoms. The molecule has 0 unspecified atom stereocenters. The van der Waals surface area contributed by atoms with Crippen LogP contribution in [-0.4, -0.2) is 32.3 Å². The molecular weight excluding hydrogens is 446 g/mol. The fraction of sp³-hybridized carbons (Fsp3) is 0.588. The Labute approximate surface area is 163 Å². The maximum absolute atomic E-state index is 12.7. The van der Waals surface area contributed by atoms with Gasteiger partial charge in [0.25, 0.3) is 0 Å². The van der Waals surface area contributed by atoms with Crippen molar-refractivity contribution in [2.75, 3.05) is 26.3 Å². The number of hydrogen-bond acceptors (Lipinski definition) is 2. The van der Waals surface area contributed by atoms with E-state index in [1.54, 1.807) is 6.07 Å². The van der Waals surface area contributed by atoms with Gasteiger partial charge in [0.2, 0.25) is 0 Å². The minimum absolute atomic E-state index is 0. The topological polar surface area (TPSA) is 45.7 Å². The Kier molecular flexibility index (Phi) is 9.55. The third kappa shape index (κ3) is 8.75. The second-order valence-corrected chi connectivity index (χ2v) is 5.84. The third-order valence-corrected chi connectivity index (χ3v) is 3.61. The molecule has 4 nitrogen and oxygen atoms in total. The number of alkyl halides is 3. The number of halogens is 4. The van der Waals surface area contributed by atoms with Crippen molar-refractivity contribution < 1.29 is 17.9 Å². The van der Waals surface area contributed by atoms with E-state index in [-0.39, 0.29) is 30.5 Å². The lowest BCUT2D eigenvalue weighted by Crippen LogP contribution is -2.39. The lowest BCUT2D eigenvalue weighted by atomic mass is 10.1. The van der Waals surface area contributed by atoms with Crippen molar-refractivity contribution in [3.8, 4) is 0 Å². The molecule has 1 aliphatic rings. The second kappa shape index (κ2) is 10.8. The molecule has 0 saturated heterocycles. The molecule has 0 amide bonds. The van der Waals surface area contributed by atoms with Crippen LogP contribution >= 0.6 is 24.0 Å². The highest BCUT2D eigenvalue weighted by Crippen LogP contribution is 2.29. The van der Waals surface area contributed by atoms with Gasteiger partial charge in [-0.2, -0.15) is 13.2 Å². The molecule has 1 aromatic carbocycles. The van der Waals surface area contributed by atoms with E-state index in [2.05, 4.69) is 15.6 Å². The fourth-order valence-corrected chi connectivity index (χ4v) is 2.13. The summed E-state index contributed by atoms with van der Waals surface area (Å²) in [5, 5.41) is 6.19. The standard InChI is InChI=1S/C17H24F3N3O.HI/c1-2-21-16(22-8-9-24-12-13-6-7-13)23-11-14-4-3-5-15(10-14)17(18,19)20;/h3-5,10,13H,2,6-9,11-12H2,1H3,(H2,21,22,23);1H.